The summed E-state index contributed by atoms with van der Waals surface area (Å²) in [6.07, 6.45) is 1.27. The molecule has 0 aliphatic heterocycles. The molecule has 2 N–H and O–H groups in total. The predicted molar refractivity (Wildman–Crippen MR) is 76.6 cm³/mol. The van der Waals surface area contributed by atoms with Gasteiger partial charge in [-0.05, 0) is 24.3 Å². The number of imidazole rings is 1. The number of hydrogen-bond donors (Lipinski definition) is 2. The van der Waals surface area contributed by atoms with Gasteiger partial charge in [0.2, 0.25) is 0 Å². The number of nitrogens with one attached hydrogen (secondary N) is 1. The number of carboxylic acids is 1. The van der Waals surface area contributed by atoms with Crippen molar-refractivity contribution in [1.29, 1.82) is 0 Å². The molecule has 0 radical (unpaired) electrons. The lowest BCUT2D eigenvalue weighted by molar-refractivity contribution is 0.0696. The number of rotatable bonds is 4. The summed E-state index contributed by atoms with van der Waals surface area (Å²) < 4.78 is 5.56. The van der Waals surface area contributed by atoms with Crippen molar-refractivity contribution in [1.82, 2.24) is 15.0 Å². The summed E-state index contributed by atoms with van der Waals surface area (Å²) in [5.41, 5.74) is 1.11. The van der Waals surface area contributed by atoms with E-state index in [1.165, 1.54) is 12.3 Å². The van der Waals surface area contributed by atoms with Crippen LogP contribution in [-0.2, 0) is 6.61 Å². The highest BCUT2D eigenvalue weighted by molar-refractivity contribution is 6.30. The van der Waals surface area contributed by atoms with Crippen LogP contribution in [0, 0.1) is 0 Å². The van der Waals surface area contributed by atoms with Crippen molar-refractivity contribution in [3.63, 3.8) is 0 Å². The molecule has 106 valence electrons. The fraction of sp³-hybridized carbons (Fsp3) is 0.0714. The molecule has 3 rings (SSSR count). The molecule has 0 atom stereocenters. The molecule has 2 heterocycles. The topological polar surface area (TPSA) is 88.1 Å². The van der Waals surface area contributed by atoms with Gasteiger partial charge in [0.1, 0.15) is 18.2 Å². The lowest BCUT2D eigenvalue weighted by Gasteiger charge is -2.03. The van der Waals surface area contributed by atoms with Crippen LogP contribution in [0.1, 0.15) is 16.2 Å². The third kappa shape index (κ3) is 2.95. The maximum Gasteiger partial charge on any atom is 0.337 e. The van der Waals surface area contributed by atoms with Gasteiger partial charge in [0.25, 0.3) is 0 Å². The Morgan fingerprint density at radius 2 is 2.24 bits per heavy atom. The molecule has 0 fully saturated rings. The molecule has 0 amide bonds. The van der Waals surface area contributed by atoms with Crippen LogP contribution < -0.4 is 4.74 Å². The van der Waals surface area contributed by atoms with Crippen molar-refractivity contribution < 1.29 is 14.6 Å². The summed E-state index contributed by atoms with van der Waals surface area (Å²) in [5, 5.41) is 9.51. The predicted octanol–water partition coefficient (Wildman–Crippen LogP) is 2.89. The van der Waals surface area contributed by atoms with Gasteiger partial charge in [0.05, 0.1) is 11.1 Å². The van der Waals surface area contributed by atoms with E-state index in [4.69, 9.17) is 21.4 Å². The number of benzene rings is 1. The van der Waals surface area contributed by atoms with Gasteiger partial charge in [-0.1, -0.05) is 17.7 Å². The fourth-order valence-corrected chi connectivity index (χ4v) is 2.02. The Kier molecular flexibility index (Phi) is 3.45. The fourth-order valence-electron chi connectivity index (χ4n) is 1.84. The third-order valence-corrected chi connectivity index (χ3v) is 3.04. The van der Waals surface area contributed by atoms with Gasteiger partial charge in [-0.15, -0.1) is 0 Å². The summed E-state index contributed by atoms with van der Waals surface area (Å²) in [6.45, 7) is 0.207. The minimum Gasteiger partial charge on any atom is -0.486 e. The van der Waals surface area contributed by atoms with Crippen molar-refractivity contribution in [2.45, 2.75) is 6.61 Å². The van der Waals surface area contributed by atoms with Crippen LogP contribution in [0.25, 0.3) is 11.2 Å². The van der Waals surface area contributed by atoms with E-state index in [9.17, 15) is 4.79 Å². The van der Waals surface area contributed by atoms with Gasteiger partial charge in [-0.25, -0.2) is 14.8 Å². The molecular formula is C14H10ClN3O3. The van der Waals surface area contributed by atoms with Crippen LogP contribution in [0.15, 0.2) is 36.5 Å². The largest absolute Gasteiger partial charge is 0.486 e. The minimum atomic E-state index is -1.03. The Balaban J connectivity index is 1.80. The van der Waals surface area contributed by atoms with Crippen molar-refractivity contribution in [3.05, 3.63) is 52.9 Å². The molecule has 0 spiro atoms. The summed E-state index contributed by atoms with van der Waals surface area (Å²) in [6, 6.07) is 8.52. The van der Waals surface area contributed by atoms with E-state index in [1.807, 2.05) is 0 Å². The van der Waals surface area contributed by atoms with E-state index in [2.05, 4.69) is 15.0 Å². The van der Waals surface area contributed by atoms with Crippen molar-refractivity contribution in [3.8, 4) is 5.75 Å². The molecular weight excluding hydrogens is 294 g/mol. The molecule has 6 nitrogen and oxygen atoms in total. The second-order valence-electron chi connectivity index (χ2n) is 4.33. The highest BCUT2D eigenvalue weighted by Crippen LogP contribution is 2.18. The first kappa shape index (κ1) is 13.4. The summed E-state index contributed by atoms with van der Waals surface area (Å²) >= 11 is 5.87. The van der Waals surface area contributed by atoms with Crippen LogP contribution in [0.2, 0.25) is 5.02 Å². The highest BCUT2D eigenvalue weighted by atomic mass is 35.5. The first-order valence-electron chi connectivity index (χ1n) is 6.08. The number of carbonyl (C=O) groups is 1. The SMILES string of the molecule is O=C(O)c1cnc2nc(COc3cccc(Cl)c3)[nH]c2c1. The van der Waals surface area contributed by atoms with Crippen LogP contribution in [-0.4, -0.2) is 26.0 Å². The Labute approximate surface area is 124 Å². The molecule has 0 saturated heterocycles. The highest BCUT2D eigenvalue weighted by Gasteiger charge is 2.09. The number of aromatic amines is 1. The summed E-state index contributed by atoms with van der Waals surface area (Å²) in [4.78, 5) is 22.1. The van der Waals surface area contributed by atoms with Crippen molar-refractivity contribution >= 4 is 28.7 Å². The Morgan fingerprint density at radius 3 is 3.00 bits per heavy atom. The number of pyridine rings is 1. The monoisotopic (exact) mass is 303 g/mol. The summed E-state index contributed by atoms with van der Waals surface area (Å²) in [7, 11) is 0. The lowest BCUT2D eigenvalue weighted by atomic mass is 10.3. The van der Waals surface area contributed by atoms with Crippen LogP contribution >= 0.6 is 11.6 Å². The number of ether oxygens (including phenoxy) is 1. The molecule has 0 aliphatic rings. The van der Waals surface area contributed by atoms with E-state index in [-0.39, 0.29) is 12.2 Å². The molecule has 0 bridgehead atoms. The van der Waals surface area contributed by atoms with Gasteiger partial charge in [-0.2, -0.15) is 0 Å². The second-order valence-corrected chi connectivity index (χ2v) is 4.77. The molecule has 0 unspecified atom stereocenters. The van der Waals surface area contributed by atoms with E-state index in [1.54, 1.807) is 24.3 Å². The number of nitrogens with zero attached hydrogens (tertiary/aromatic N) is 2. The van der Waals surface area contributed by atoms with Gasteiger partial charge < -0.3 is 14.8 Å². The van der Waals surface area contributed by atoms with Gasteiger partial charge in [0.15, 0.2) is 5.65 Å². The average molecular weight is 304 g/mol. The first-order chi connectivity index (χ1) is 10.1. The normalized spacial score (nSPS) is 10.7. The van der Waals surface area contributed by atoms with Crippen LogP contribution in [0.3, 0.4) is 0 Å². The molecule has 3 aromatic rings. The minimum absolute atomic E-state index is 0.105. The molecule has 0 aliphatic carbocycles. The van der Waals surface area contributed by atoms with E-state index in [0.717, 1.165) is 0 Å². The number of aromatic nitrogens is 3. The van der Waals surface area contributed by atoms with E-state index < -0.39 is 5.97 Å². The standard InChI is InChI=1S/C14H10ClN3O3/c15-9-2-1-3-10(5-9)21-7-12-17-11-4-8(14(19)20)6-16-13(11)18-12/h1-6H,7H2,(H,19,20)(H,16,17,18). The van der Waals surface area contributed by atoms with E-state index in [0.29, 0.717) is 27.8 Å². The van der Waals surface area contributed by atoms with Crippen molar-refractivity contribution in [2.75, 3.05) is 0 Å². The number of fused-ring (bicyclic) bond motifs is 1. The maximum absolute atomic E-state index is 10.9. The molecule has 2 aromatic heterocycles. The molecule has 1 aromatic carbocycles. The number of carboxylic acid groups (broad SMARTS) is 1. The van der Waals surface area contributed by atoms with Crippen molar-refractivity contribution in [2.24, 2.45) is 0 Å². The zero-order valence-electron chi connectivity index (χ0n) is 10.7. The molecule has 21 heavy (non-hydrogen) atoms. The lowest BCUT2D eigenvalue weighted by Crippen LogP contribution is -1.97. The van der Waals surface area contributed by atoms with Crippen LogP contribution in [0.4, 0.5) is 0 Å². The number of halogens is 1. The zero-order valence-corrected chi connectivity index (χ0v) is 11.5. The number of aromatic carboxylic acids is 1. The Bertz CT molecular complexity index is 816. The van der Waals surface area contributed by atoms with Gasteiger partial charge in [0, 0.05) is 11.2 Å². The van der Waals surface area contributed by atoms with E-state index >= 15 is 0 Å². The quantitative estimate of drug-likeness (QED) is 0.773. The second kappa shape index (κ2) is 5.41. The third-order valence-electron chi connectivity index (χ3n) is 2.81. The van der Waals surface area contributed by atoms with Gasteiger partial charge in [-0.3, -0.25) is 0 Å². The summed E-state index contributed by atoms with van der Waals surface area (Å²) in [5.74, 6) is 0.151. The molecule has 7 heteroatoms. The van der Waals surface area contributed by atoms with Crippen LogP contribution in [0.5, 0.6) is 5.75 Å². The average Bonchev–Trinajstić information content (AvgIpc) is 2.87. The Morgan fingerprint density at radius 1 is 1.38 bits per heavy atom. The first-order valence-corrected chi connectivity index (χ1v) is 6.46. The number of hydrogen-bond acceptors (Lipinski definition) is 4. The Hall–Kier alpha value is -2.60. The van der Waals surface area contributed by atoms with Gasteiger partial charge >= 0.3 is 5.97 Å². The molecule has 0 saturated carbocycles. The zero-order chi connectivity index (χ0) is 14.8. The number of H-pyrrole nitrogens is 1. The maximum atomic E-state index is 10.9. The smallest absolute Gasteiger partial charge is 0.337 e.